The van der Waals surface area contributed by atoms with Gasteiger partial charge in [0.25, 0.3) is 0 Å². The number of carbonyl (C=O) groups is 1. The quantitative estimate of drug-likeness (QED) is 0.230. The van der Waals surface area contributed by atoms with E-state index in [9.17, 15) is 4.79 Å². The van der Waals surface area contributed by atoms with Gasteiger partial charge in [0.1, 0.15) is 11.6 Å². The van der Waals surface area contributed by atoms with Crippen molar-refractivity contribution in [3.63, 3.8) is 0 Å². The van der Waals surface area contributed by atoms with E-state index in [4.69, 9.17) is 27.9 Å². The molecule has 0 unspecified atom stereocenters. The summed E-state index contributed by atoms with van der Waals surface area (Å²) in [5.41, 5.74) is 1.59. The molecule has 0 atom stereocenters. The highest BCUT2D eigenvalue weighted by molar-refractivity contribution is 9.10. The SMILES string of the molecule is CCn1c(CCCOc2ccc(Cl)cc2C)nnc1SCC(=O)Nc1ccc(Br)cc1Cl. The summed E-state index contributed by atoms with van der Waals surface area (Å²) in [5.74, 6) is 1.77. The first kappa shape index (κ1) is 24.9. The van der Waals surface area contributed by atoms with Crippen LogP contribution in [-0.4, -0.2) is 33.0 Å². The molecule has 32 heavy (non-hydrogen) atoms. The van der Waals surface area contributed by atoms with Crippen molar-refractivity contribution in [3.8, 4) is 5.75 Å². The Labute approximate surface area is 210 Å². The van der Waals surface area contributed by atoms with E-state index in [2.05, 4.69) is 31.4 Å². The molecule has 0 saturated carbocycles. The summed E-state index contributed by atoms with van der Waals surface area (Å²) in [6.45, 7) is 5.30. The average Bonchev–Trinajstić information content (AvgIpc) is 3.14. The second-order valence-corrected chi connectivity index (χ2v) is 9.67. The zero-order valence-corrected chi connectivity index (χ0v) is 21.6. The van der Waals surface area contributed by atoms with Gasteiger partial charge in [0.05, 0.1) is 23.1 Å². The third kappa shape index (κ3) is 6.88. The molecule has 1 amide bonds. The molecule has 1 aromatic heterocycles. The van der Waals surface area contributed by atoms with Gasteiger partial charge in [-0.15, -0.1) is 10.2 Å². The minimum absolute atomic E-state index is 0.154. The molecule has 170 valence electrons. The maximum Gasteiger partial charge on any atom is 0.234 e. The predicted molar refractivity (Wildman–Crippen MR) is 134 cm³/mol. The minimum Gasteiger partial charge on any atom is -0.493 e. The summed E-state index contributed by atoms with van der Waals surface area (Å²) >= 11 is 16.8. The molecule has 2 aromatic carbocycles. The molecular weight excluding hydrogens is 535 g/mol. The molecule has 0 spiro atoms. The fourth-order valence-corrected chi connectivity index (χ4v) is 4.79. The van der Waals surface area contributed by atoms with Crippen molar-refractivity contribution in [2.75, 3.05) is 17.7 Å². The van der Waals surface area contributed by atoms with Crippen molar-refractivity contribution in [3.05, 3.63) is 62.3 Å². The highest BCUT2D eigenvalue weighted by Gasteiger charge is 2.14. The van der Waals surface area contributed by atoms with E-state index in [-0.39, 0.29) is 11.7 Å². The van der Waals surface area contributed by atoms with Crippen LogP contribution in [0.5, 0.6) is 5.75 Å². The van der Waals surface area contributed by atoms with Crippen molar-refractivity contribution in [2.24, 2.45) is 0 Å². The standard InChI is InChI=1S/C22H23BrCl2N4O2S/c1-3-29-20(5-4-10-31-19-9-7-16(24)11-14(19)2)27-28-22(29)32-13-21(30)26-18-8-6-15(23)12-17(18)25/h6-9,11-12H,3-5,10,13H2,1-2H3,(H,26,30). The Bertz CT molecular complexity index is 1090. The van der Waals surface area contributed by atoms with Gasteiger partial charge in [0, 0.05) is 22.5 Å². The van der Waals surface area contributed by atoms with Crippen LogP contribution in [0.1, 0.15) is 24.7 Å². The molecule has 6 nitrogen and oxygen atoms in total. The van der Waals surface area contributed by atoms with Gasteiger partial charge in [0.15, 0.2) is 5.16 Å². The van der Waals surface area contributed by atoms with Gasteiger partial charge in [-0.2, -0.15) is 0 Å². The number of thioether (sulfide) groups is 1. The number of ether oxygens (including phenoxy) is 1. The van der Waals surface area contributed by atoms with Crippen molar-refractivity contribution in [2.45, 2.75) is 38.4 Å². The molecule has 0 aliphatic rings. The summed E-state index contributed by atoms with van der Waals surface area (Å²) in [6.07, 6.45) is 1.53. The van der Waals surface area contributed by atoms with E-state index in [0.717, 1.165) is 41.0 Å². The van der Waals surface area contributed by atoms with Gasteiger partial charge >= 0.3 is 0 Å². The molecule has 0 aliphatic carbocycles. The lowest BCUT2D eigenvalue weighted by atomic mass is 10.2. The first-order valence-electron chi connectivity index (χ1n) is 10.1. The Morgan fingerprint density at radius 1 is 1.22 bits per heavy atom. The number of nitrogens with zero attached hydrogens (tertiary/aromatic N) is 3. The second kappa shape index (κ2) is 11.9. The number of amides is 1. The minimum atomic E-state index is -0.154. The van der Waals surface area contributed by atoms with Gasteiger partial charge in [-0.05, 0) is 62.2 Å². The van der Waals surface area contributed by atoms with Crippen LogP contribution in [-0.2, 0) is 17.8 Å². The number of aryl methyl sites for hydroxylation is 2. The molecule has 10 heteroatoms. The van der Waals surface area contributed by atoms with Crippen LogP contribution in [0.25, 0.3) is 0 Å². The Kier molecular flexibility index (Phi) is 9.28. The van der Waals surface area contributed by atoms with Gasteiger partial charge in [-0.3, -0.25) is 4.79 Å². The van der Waals surface area contributed by atoms with Gasteiger partial charge in [-0.1, -0.05) is 50.9 Å². The van der Waals surface area contributed by atoms with E-state index in [1.165, 1.54) is 11.8 Å². The topological polar surface area (TPSA) is 69.0 Å². The molecule has 1 heterocycles. The lowest BCUT2D eigenvalue weighted by Crippen LogP contribution is -2.15. The summed E-state index contributed by atoms with van der Waals surface area (Å²) in [7, 11) is 0. The molecule has 3 aromatic rings. The van der Waals surface area contributed by atoms with Gasteiger partial charge < -0.3 is 14.6 Å². The van der Waals surface area contributed by atoms with Crippen LogP contribution >= 0.6 is 50.9 Å². The molecule has 0 fully saturated rings. The van der Waals surface area contributed by atoms with E-state index < -0.39 is 0 Å². The molecule has 3 rings (SSSR count). The van der Waals surface area contributed by atoms with Crippen LogP contribution in [0.3, 0.4) is 0 Å². The molecular formula is C22H23BrCl2N4O2S. The van der Waals surface area contributed by atoms with Gasteiger partial charge in [-0.25, -0.2) is 0 Å². The summed E-state index contributed by atoms with van der Waals surface area (Å²) in [5, 5.41) is 13.3. The maximum absolute atomic E-state index is 12.3. The molecule has 0 aliphatic heterocycles. The van der Waals surface area contributed by atoms with Crippen molar-refractivity contribution < 1.29 is 9.53 Å². The van der Waals surface area contributed by atoms with Crippen LogP contribution in [0.2, 0.25) is 10.0 Å². The highest BCUT2D eigenvalue weighted by Crippen LogP contribution is 2.26. The monoisotopic (exact) mass is 556 g/mol. The molecule has 0 bridgehead atoms. The average molecular weight is 558 g/mol. The van der Waals surface area contributed by atoms with E-state index in [1.807, 2.05) is 42.7 Å². The van der Waals surface area contributed by atoms with Crippen LogP contribution in [0.4, 0.5) is 5.69 Å². The van der Waals surface area contributed by atoms with Crippen LogP contribution in [0.15, 0.2) is 46.0 Å². The number of rotatable bonds is 10. The number of halogens is 3. The Morgan fingerprint density at radius 3 is 2.75 bits per heavy atom. The van der Waals surface area contributed by atoms with Crippen molar-refractivity contribution in [1.29, 1.82) is 0 Å². The van der Waals surface area contributed by atoms with E-state index >= 15 is 0 Å². The largest absolute Gasteiger partial charge is 0.493 e. The van der Waals surface area contributed by atoms with Crippen molar-refractivity contribution in [1.82, 2.24) is 14.8 Å². The Morgan fingerprint density at radius 2 is 2.03 bits per heavy atom. The summed E-state index contributed by atoms with van der Waals surface area (Å²) in [4.78, 5) is 12.3. The number of hydrogen-bond acceptors (Lipinski definition) is 5. The zero-order chi connectivity index (χ0) is 23.1. The van der Waals surface area contributed by atoms with E-state index in [0.29, 0.717) is 27.5 Å². The first-order valence-corrected chi connectivity index (χ1v) is 12.6. The van der Waals surface area contributed by atoms with Crippen LogP contribution < -0.4 is 10.1 Å². The number of aromatic nitrogens is 3. The maximum atomic E-state index is 12.3. The third-order valence-corrected chi connectivity index (χ3v) is 6.59. The zero-order valence-electron chi connectivity index (χ0n) is 17.7. The van der Waals surface area contributed by atoms with Gasteiger partial charge in [0.2, 0.25) is 5.91 Å². The predicted octanol–water partition coefficient (Wildman–Crippen LogP) is 6.42. The summed E-state index contributed by atoms with van der Waals surface area (Å²) in [6, 6.07) is 10.9. The molecule has 1 N–H and O–H groups in total. The number of benzene rings is 2. The first-order chi connectivity index (χ1) is 15.4. The third-order valence-electron chi connectivity index (χ3n) is 4.59. The highest BCUT2D eigenvalue weighted by atomic mass is 79.9. The normalized spacial score (nSPS) is 10.9. The van der Waals surface area contributed by atoms with Crippen LogP contribution in [0, 0.1) is 6.92 Å². The van der Waals surface area contributed by atoms with E-state index in [1.54, 1.807) is 12.1 Å². The van der Waals surface area contributed by atoms with Crippen molar-refractivity contribution >= 4 is 62.5 Å². The Balaban J connectivity index is 1.50. The number of hydrogen-bond donors (Lipinski definition) is 1. The fraction of sp³-hybridized carbons (Fsp3) is 0.318. The molecule has 0 radical (unpaired) electrons. The summed E-state index contributed by atoms with van der Waals surface area (Å²) < 4.78 is 8.74. The lowest BCUT2D eigenvalue weighted by molar-refractivity contribution is -0.113. The fourth-order valence-electron chi connectivity index (χ4n) is 3.02. The smallest absolute Gasteiger partial charge is 0.234 e. The number of nitrogens with one attached hydrogen (secondary N) is 1. The molecule has 0 saturated heterocycles. The number of anilines is 1. The lowest BCUT2D eigenvalue weighted by Gasteiger charge is -2.10. The second-order valence-electron chi connectivity index (χ2n) is 6.97. The number of carbonyl (C=O) groups excluding carboxylic acids is 1. The Hall–Kier alpha value is -1.74.